The lowest BCUT2D eigenvalue weighted by Gasteiger charge is -2.29. The summed E-state index contributed by atoms with van der Waals surface area (Å²) in [5.74, 6) is 3.20. The van der Waals surface area contributed by atoms with Crippen molar-refractivity contribution >= 4 is 5.78 Å². The summed E-state index contributed by atoms with van der Waals surface area (Å²) in [7, 11) is 0. The first-order valence-corrected chi connectivity index (χ1v) is 6.90. The van der Waals surface area contributed by atoms with Gasteiger partial charge in [-0.1, -0.05) is 19.3 Å². The van der Waals surface area contributed by atoms with Gasteiger partial charge < -0.3 is 0 Å². The molecular formula is C14H22O. The minimum absolute atomic E-state index is 0.479. The number of Topliss-reactive ketones (excluding diaryl/α,β-unsaturated/α-hetero) is 1. The molecule has 1 nitrogen and oxygen atoms in total. The van der Waals surface area contributed by atoms with Gasteiger partial charge in [-0.2, -0.15) is 0 Å². The number of carbonyl (C=O) groups excluding carboxylic acids is 1. The smallest absolute Gasteiger partial charge is 0.139 e. The summed E-state index contributed by atoms with van der Waals surface area (Å²) in [6.45, 7) is 0. The van der Waals surface area contributed by atoms with Crippen molar-refractivity contribution in [3.8, 4) is 0 Å². The van der Waals surface area contributed by atoms with E-state index in [1.54, 1.807) is 0 Å². The van der Waals surface area contributed by atoms with Gasteiger partial charge in [0.2, 0.25) is 0 Å². The highest BCUT2D eigenvalue weighted by Crippen LogP contribution is 2.46. The van der Waals surface area contributed by atoms with Crippen molar-refractivity contribution < 1.29 is 4.79 Å². The zero-order valence-corrected chi connectivity index (χ0v) is 9.58. The normalized spacial score (nSPS) is 45.7. The first-order chi connectivity index (χ1) is 7.36. The van der Waals surface area contributed by atoms with E-state index in [0.29, 0.717) is 17.6 Å². The second-order valence-corrected chi connectivity index (χ2v) is 5.93. The zero-order chi connectivity index (χ0) is 10.3. The molecule has 15 heavy (non-hydrogen) atoms. The van der Waals surface area contributed by atoms with Crippen LogP contribution in [-0.4, -0.2) is 5.78 Å². The fourth-order valence-corrected chi connectivity index (χ4v) is 4.39. The van der Waals surface area contributed by atoms with Gasteiger partial charge >= 0.3 is 0 Å². The summed E-state index contributed by atoms with van der Waals surface area (Å²) in [6.07, 6.45) is 11.8. The van der Waals surface area contributed by atoms with E-state index in [4.69, 9.17) is 0 Å². The van der Waals surface area contributed by atoms with Gasteiger partial charge in [0.1, 0.15) is 5.78 Å². The van der Waals surface area contributed by atoms with Gasteiger partial charge in [0, 0.05) is 11.8 Å². The second kappa shape index (κ2) is 3.92. The van der Waals surface area contributed by atoms with E-state index in [0.717, 1.165) is 11.8 Å². The Labute approximate surface area is 92.6 Å². The minimum atomic E-state index is 0.479. The van der Waals surface area contributed by atoms with Gasteiger partial charge in [0.25, 0.3) is 0 Å². The van der Waals surface area contributed by atoms with Crippen molar-refractivity contribution in [2.45, 2.75) is 57.8 Å². The Morgan fingerprint density at radius 1 is 0.667 bits per heavy atom. The summed E-state index contributed by atoms with van der Waals surface area (Å²) < 4.78 is 0. The molecule has 4 atom stereocenters. The number of carbonyl (C=O) groups is 1. The van der Waals surface area contributed by atoms with Crippen LogP contribution in [0.15, 0.2) is 0 Å². The summed E-state index contributed by atoms with van der Waals surface area (Å²) in [5.41, 5.74) is 0. The molecule has 0 heterocycles. The summed E-state index contributed by atoms with van der Waals surface area (Å²) in [6, 6.07) is 0. The molecule has 3 fully saturated rings. The van der Waals surface area contributed by atoms with Crippen LogP contribution in [-0.2, 0) is 4.79 Å². The number of fused-ring (bicyclic) bond motifs is 2. The lowest BCUT2D eigenvalue weighted by molar-refractivity contribution is -0.129. The third-order valence-corrected chi connectivity index (χ3v) is 5.21. The quantitative estimate of drug-likeness (QED) is 0.592. The Balaban J connectivity index is 1.82. The Kier molecular flexibility index (Phi) is 2.58. The zero-order valence-electron chi connectivity index (χ0n) is 9.58. The average molecular weight is 206 g/mol. The fraction of sp³-hybridized carbons (Fsp3) is 0.929. The second-order valence-electron chi connectivity index (χ2n) is 5.93. The van der Waals surface area contributed by atoms with Crippen LogP contribution in [0, 0.1) is 23.7 Å². The molecule has 0 N–H and O–H groups in total. The van der Waals surface area contributed by atoms with Crippen molar-refractivity contribution in [2.24, 2.45) is 23.7 Å². The van der Waals surface area contributed by atoms with Crippen LogP contribution in [0.5, 0.6) is 0 Å². The molecule has 3 rings (SSSR count). The SMILES string of the molecule is O=C1C2CCCCC2CCC2CCCC12. The first-order valence-electron chi connectivity index (χ1n) is 6.90. The van der Waals surface area contributed by atoms with E-state index in [2.05, 4.69) is 0 Å². The highest BCUT2D eigenvalue weighted by molar-refractivity contribution is 5.84. The molecule has 0 radical (unpaired) electrons. The average Bonchev–Trinajstić information content (AvgIpc) is 2.69. The number of ketones is 1. The highest BCUT2D eigenvalue weighted by atomic mass is 16.1. The predicted molar refractivity (Wildman–Crippen MR) is 60.5 cm³/mol. The van der Waals surface area contributed by atoms with E-state index in [1.807, 2.05) is 0 Å². The van der Waals surface area contributed by atoms with E-state index in [-0.39, 0.29) is 0 Å². The van der Waals surface area contributed by atoms with Crippen molar-refractivity contribution in [3.63, 3.8) is 0 Å². The topological polar surface area (TPSA) is 17.1 Å². The number of hydrogen-bond acceptors (Lipinski definition) is 1. The van der Waals surface area contributed by atoms with Crippen LogP contribution in [0.2, 0.25) is 0 Å². The summed E-state index contributed by atoms with van der Waals surface area (Å²) in [4.78, 5) is 12.5. The molecule has 0 amide bonds. The molecular weight excluding hydrogens is 184 g/mol. The fourth-order valence-electron chi connectivity index (χ4n) is 4.39. The Morgan fingerprint density at radius 3 is 1.93 bits per heavy atom. The lowest BCUT2D eigenvalue weighted by Crippen LogP contribution is -2.30. The van der Waals surface area contributed by atoms with Crippen molar-refractivity contribution in [1.82, 2.24) is 0 Å². The first kappa shape index (κ1) is 9.86. The molecule has 3 saturated carbocycles. The molecule has 0 aliphatic heterocycles. The molecule has 4 unspecified atom stereocenters. The van der Waals surface area contributed by atoms with Gasteiger partial charge in [0.05, 0.1) is 0 Å². The number of hydrogen-bond donors (Lipinski definition) is 0. The molecule has 0 aromatic carbocycles. The third kappa shape index (κ3) is 1.64. The Morgan fingerprint density at radius 2 is 1.20 bits per heavy atom. The molecule has 0 bridgehead atoms. The highest BCUT2D eigenvalue weighted by Gasteiger charge is 2.42. The lowest BCUT2D eigenvalue weighted by atomic mass is 9.74. The van der Waals surface area contributed by atoms with E-state index >= 15 is 0 Å². The van der Waals surface area contributed by atoms with Gasteiger partial charge in [-0.15, -0.1) is 0 Å². The van der Waals surface area contributed by atoms with Crippen LogP contribution < -0.4 is 0 Å². The van der Waals surface area contributed by atoms with Gasteiger partial charge in [0.15, 0.2) is 0 Å². The van der Waals surface area contributed by atoms with E-state index in [1.165, 1.54) is 57.8 Å². The maximum atomic E-state index is 12.5. The van der Waals surface area contributed by atoms with Crippen LogP contribution in [0.25, 0.3) is 0 Å². The summed E-state index contributed by atoms with van der Waals surface area (Å²) >= 11 is 0. The Hall–Kier alpha value is -0.330. The maximum Gasteiger partial charge on any atom is 0.139 e. The van der Waals surface area contributed by atoms with Crippen LogP contribution in [0.3, 0.4) is 0 Å². The van der Waals surface area contributed by atoms with Gasteiger partial charge in [-0.05, 0) is 50.4 Å². The van der Waals surface area contributed by atoms with Crippen molar-refractivity contribution in [2.75, 3.05) is 0 Å². The standard InChI is InChI=1S/C14H22O/c15-14-12-6-2-1-4-10(12)8-9-11-5-3-7-13(11)14/h10-13H,1-9H2. The maximum absolute atomic E-state index is 12.5. The van der Waals surface area contributed by atoms with Crippen molar-refractivity contribution in [1.29, 1.82) is 0 Å². The van der Waals surface area contributed by atoms with Crippen LogP contribution >= 0.6 is 0 Å². The van der Waals surface area contributed by atoms with Gasteiger partial charge in [-0.25, -0.2) is 0 Å². The molecule has 0 spiro atoms. The molecule has 3 aliphatic rings. The molecule has 1 heteroatoms. The third-order valence-electron chi connectivity index (χ3n) is 5.21. The van der Waals surface area contributed by atoms with E-state index < -0.39 is 0 Å². The van der Waals surface area contributed by atoms with Crippen LogP contribution in [0.4, 0.5) is 0 Å². The van der Waals surface area contributed by atoms with E-state index in [9.17, 15) is 4.79 Å². The predicted octanol–water partition coefficient (Wildman–Crippen LogP) is 3.57. The largest absolute Gasteiger partial charge is 0.299 e. The molecule has 3 aliphatic carbocycles. The Bertz CT molecular complexity index is 258. The van der Waals surface area contributed by atoms with Crippen molar-refractivity contribution in [3.05, 3.63) is 0 Å². The minimum Gasteiger partial charge on any atom is -0.299 e. The molecule has 0 aromatic heterocycles. The molecule has 0 aromatic rings. The monoisotopic (exact) mass is 206 g/mol. The van der Waals surface area contributed by atoms with Crippen LogP contribution in [0.1, 0.15) is 57.8 Å². The number of rotatable bonds is 0. The molecule has 84 valence electrons. The molecule has 0 saturated heterocycles. The van der Waals surface area contributed by atoms with Gasteiger partial charge in [-0.3, -0.25) is 4.79 Å². The summed E-state index contributed by atoms with van der Waals surface area (Å²) in [5, 5.41) is 0.